The Labute approximate surface area is 162 Å². The molecule has 3 aromatic rings. The molecule has 1 heterocycles. The van der Waals surface area contributed by atoms with Gasteiger partial charge in [-0.3, -0.25) is 4.90 Å². The minimum Gasteiger partial charge on any atom is -0.435 e. The molecule has 3 rings (SSSR count). The summed E-state index contributed by atoms with van der Waals surface area (Å²) in [5.74, 6) is 0.505. The van der Waals surface area contributed by atoms with Crippen molar-refractivity contribution in [3.63, 3.8) is 0 Å². The third kappa shape index (κ3) is 5.74. The van der Waals surface area contributed by atoms with E-state index in [0.717, 1.165) is 17.7 Å². The summed E-state index contributed by atoms with van der Waals surface area (Å²) < 4.78 is 72.0. The number of rotatable bonds is 7. The summed E-state index contributed by atoms with van der Waals surface area (Å²) in [5, 5.41) is 3.79. The van der Waals surface area contributed by atoms with Crippen LogP contribution < -0.4 is 4.74 Å². The maximum Gasteiger partial charge on any atom is 0.416 e. The molecule has 0 saturated heterocycles. The largest absolute Gasteiger partial charge is 0.435 e. The third-order valence-electron chi connectivity index (χ3n) is 3.92. The average Bonchev–Trinajstić information content (AvgIpc) is 3.09. The van der Waals surface area contributed by atoms with Crippen LogP contribution in [0.15, 0.2) is 53.1 Å². The SMILES string of the molecule is CN(Cc1cccc(OC(F)F)c1)Cc1nc(-c2ccc(C(F)(F)F)cc2)no1. The standard InChI is InChI=1S/C19H16F5N3O2/c1-27(10-12-3-2-4-15(9-12)28-18(20)21)11-16-25-17(26-29-16)13-5-7-14(8-6-13)19(22,23)24/h2-9,18H,10-11H2,1H3. The van der Waals surface area contributed by atoms with Crippen LogP contribution in [0.1, 0.15) is 17.0 Å². The van der Waals surface area contributed by atoms with Gasteiger partial charge in [0.2, 0.25) is 11.7 Å². The van der Waals surface area contributed by atoms with E-state index in [9.17, 15) is 22.0 Å². The van der Waals surface area contributed by atoms with E-state index in [1.165, 1.54) is 24.3 Å². The minimum absolute atomic E-state index is 0.0632. The van der Waals surface area contributed by atoms with Crippen molar-refractivity contribution in [2.24, 2.45) is 0 Å². The zero-order chi connectivity index (χ0) is 21.0. The predicted molar refractivity (Wildman–Crippen MR) is 93.0 cm³/mol. The Kier molecular flexibility index (Phi) is 6.12. The van der Waals surface area contributed by atoms with E-state index >= 15 is 0 Å². The molecule has 154 valence electrons. The predicted octanol–water partition coefficient (Wildman–Crippen LogP) is 4.99. The second kappa shape index (κ2) is 8.56. The van der Waals surface area contributed by atoms with Crippen LogP contribution in [0.25, 0.3) is 11.4 Å². The van der Waals surface area contributed by atoms with Crippen LogP contribution in [0.2, 0.25) is 0 Å². The van der Waals surface area contributed by atoms with Crippen LogP contribution in [0.5, 0.6) is 5.75 Å². The maximum atomic E-state index is 12.6. The molecule has 0 aliphatic rings. The number of ether oxygens (including phenoxy) is 1. The second-order valence-electron chi connectivity index (χ2n) is 6.29. The van der Waals surface area contributed by atoms with E-state index in [1.807, 2.05) is 4.90 Å². The van der Waals surface area contributed by atoms with Gasteiger partial charge in [0.1, 0.15) is 5.75 Å². The van der Waals surface area contributed by atoms with Gasteiger partial charge in [-0.1, -0.05) is 29.4 Å². The zero-order valence-electron chi connectivity index (χ0n) is 15.2. The molecule has 0 aliphatic carbocycles. The van der Waals surface area contributed by atoms with Crippen LogP contribution in [-0.4, -0.2) is 28.7 Å². The zero-order valence-corrected chi connectivity index (χ0v) is 15.2. The van der Waals surface area contributed by atoms with Gasteiger partial charge < -0.3 is 9.26 Å². The molecule has 0 radical (unpaired) electrons. The number of hydrogen-bond acceptors (Lipinski definition) is 5. The van der Waals surface area contributed by atoms with E-state index in [1.54, 1.807) is 19.2 Å². The third-order valence-corrected chi connectivity index (χ3v) is 3.92. The van der Waals surface area contributed by atoms with Crippen molar-refractivity contribution < 1.29 is 31.2 Å². The molecule has 0 spiro atoms. The van der Waals surface area contributed by atoms with E-state index in [-0.39, 0.29) is 24.0 Å². The van der Waals surface area contributed by atoms with Gasteiger partial charge in [-0.05, 0) is 36.9 Å². The summed E-state index contributed by atoms with van der Waals surface area (Å²) >= 11 is 0. The monoisotopic (exact) mass is 413 g/mol. The average molecular weight is 413 g/mol. The van der Waals surface area contributed by atoms with Gasteiger partial charge in [-0.25, -0.2) is 0 Å². The van der Waals surface area contributed by atoms with Crippen molar-refractivity contribution in [1.29, 1.82) is 0 Å². The number of alkyl halides is 5. The van der Waals surface area contributed by atoms with E-state index < -0.39 is 18.4 Å². The highest BCUT2D eigenvalue weighted by Gasteiger charge is 2.30. The lowest BCUT2D eigenvalue weighted by Gasteiger charge is -2.15. The van der Waals surface area contributed by atoms with E-state index in [2.05, 4.69) is 14.9 Å². The van der Waals surface area contributed by atoms with Gasteiger partial charge in [0.05, 0.1) is 12.1 Å². The maximum absolute atomic E-state index is 12.6. The van der Waals surface area contributed by atoms with Crippen molar-refractivity contribution >= 4 is 0 Å². The van der Waals surface area contributed by atoms with Gasteiger partial charge in [0.25, 0.3) is 0 Å². The van der Waals surface area contributed by atoms with Crippen LogP contribution in [-0.2, 0) is 19.3 Å². The topological polar surface area (TPSA) is 51.4 Å². The fourth-order valence-corrected chi connectivity index (χ4v) is 2.66. The minimum atomic E-state index is -4.42. The Bertz CT molecular complexity index is 942. The number of benzene rings is 2. The normalized spacial score (nSPS) is 12.0. The molecule has 5 nitrogen and oxygen atoms in total. The van der Waals surface area contributed by atoms with Crippen molar-refractivity contribution in [2.45, 2.75) is 25.9 Å². The first-order valence-corrected chi connectivity index (χ1v) is 8.43. The van der Waals surface area contributed by atoms with Crippen molar-refractivity contribution in [2.75, 3.05) is 7.05 Å². The fraction of sp³-hybridized carbons (Fsp3) is 0.263. The highest BCUT2D eigenvalue weighted by molar-refractivity contribution is 5.54. The second-order valence-corrected chi connectivity index (χ2v) is 6.29. The Balaban J connectivity index is 1.62. The summed E-state index contributed by atoms with van der Waals surface area (Å²) in [6, 6.07) is 10.8. The summed E-state index contributed by atoms with van der Waals surface area (Å²) in [6.07, 6.45) is -4.42. The van der Waals surface area contributed by atoms with Crippen molar-refractivity contribution in [1.82, 2.24) is 15.0 Å². The molecule has 0 atom stereocenters. The first-order chi connectivity index (χ1) is 13.7. The Morgan fingerprint density at radius 3 is 2.45 bits per heavy atom. The molecule has 10 heteroatoms. The molecule has 0 unspecified atom stereocenters. The van der Waals surface area contributed by atoms with Gasteiger partial charge in [-0.15, -0.1) is 0 Å². The number of hydrogen-bond donors (Lipinski definition) is 0. The highest BCUT2D eigenvalue weighted by atomic mass is 19.4. The van der Waals surface area contributed by atoms with Gasteiger partial charge in [-0.2, -0.15) is 26.9 Å². The molecule has 2 aromatic carbocycles. The quantitative estimate of drug-likeness (QED) is 0.511. The molecule has 29 heavy (non-hydrogen) atoms. The summed E-state index contributed by atoms with van der Waals surface area (Å²) in [5.41, 5.74) is 0.378. The molecule has 0 fully saturated rings. The lowest BCUT2D eigenvalue weighted by Crippen LogP contribution is -2.17. The highest BCUT2D eigenvalue weighted by Crippen LogP contribution is 2.30. The Morgan fingerprint density at radius 1 is 1.07 bits per heavy atom. The van der Waals surface area contributed by atoms with E-state index in [4.69, 9.17) is 4.52 Å². The first kappa shape index (κ1) is 20.7. The molecule has 0 aliphatic heterocycles. The molecule has 0 saturated carbocycles. The lowest BCUT2D eigenvalue weighted by molar-refractivity contribution is -0.137. The smallest absolute Gasteiger partial charge is 0.416 e. The molecule has 0 amide bonds. The van der Waals surface area contributed by atoms with Gasteiger partial charge in [0, 0.05) is 12.1 Å². The summed E-state index contributed by atoms with van der Waals surface area (Å²) in [7, 11) is 1.77. The van der Waals surface area contributed by atoms with E-state index in [0.29, 0.717) is 12.1 Å². The molecular formula is C19H16F5N3O2. The lowest BCUT2D eigenvalue weighted by atomic mass is 10.1. The number of halogens is 5. The van der Waals surface area contributed by atoms with Gasteiger partial charge in [0.15, 0.2) is 0 Å². The Hall–Kier alpha value is -3.01. The Morgan fingerprint density at radius 2 is 1.79 bits per heavy atom. The molecule has 0 bridgehead atoms. The number of nitrogens with zero attached hydrogens (tertiary/aromatic N) is 3. The van der Waals surface area contributed by atoms with Gasteiger partial charge >= 0.3 is 12.8 Å². The summed E-state index contributed by atoms with van der Waals surface area (Å²) in [4.78, 5) is 6.00. The number of aromatic nitrogens is 2. The van der Waals surface area contributed by atoms with Crippen LogP contribution in [0.4, 0.5) is 22.0 Å². The molecule has 1 aromatic heterocycles. The van der Waals surface area contributed by atoms with Crippen molar-refractivity contribution in [3.8, 4) is 17.1 Å². The van der Waals surface area contributed by atoms with Crippen LogP contribution >= 0.6 is 0 Å². The molecular weight excluding hydrogens is 397 g/mol. The van der Waals surface area contributed by atoms with Crippen LogP contribution in [0, 0.1) is 0 Å². The van der Waals surface area contributed by atoms with Crippen molar-refractivity contribution in [3.05, 3.63) is 65.5 Å². The van der Waals surface area contributed by atoms with Crippen LogP contribution in [0.3, 0.4) is 0 Å². The molecule has 0 N–H and O–H groups in total. The summed E-state index contributed by atoms with van der Waals surface area (Å²) in [6.45, 7) is -2.24. The first-order valence-electron chi connectivity index (χ1n) is 8.43. The fourth-order valence-electron chi connectivity index (χ4n) is 2.66.